The molecule has 430 valence electrons. The van der Waals surface area contributed by atoms with E-state index in [1.807, 2.05) is 0 Å². The molecule has 6 aliphatic heterocycles. The Morgan fingerprint density at radius 3 is 1.56 bits per heavy atom. The fraction of sp³-hybridized carbons (Fsp3) is 0.931. The predicted octanol–water partition coefficient (Wildman–Crippen LogP) is 1.75. The van der Waals surface area contributed by atoms with E-state index in [1.165, 1.54) is 11.1 Å². The minimum absolute atomic E-state index is 0. The zero-order valence-electron chi connectivity index (χ0n) is 48.9. The number of rotatable bonds is 10. The minimum Gasteiger partial charge on any atom is -0.726 e. The maximum Gasteiger partial charge on any atom is 1.00 e. The molecular weight excluding hydrogens is 1060 g/mol. The van der Waals surface area contributed by atoms with Crippen LogP contribution in [0.1, 0.15) is 179 Å². The van der Waals surface area contributed by atoms with E-state index in [-0.39, 0.29) is 138 Å². The van der Waals surface area contributed by atoms with Crippen molar-refractivity contribution < 1.29 is 133 Å². The zero-order valence-corrected chi connectivity index (χ0v) is 54.5. The second-order valence-electron chi connectivity index (χ2n) is 29.8. The third-order valence-electron chi connectivity index (χ3n) is 25.7. The van der Waals surface area contributed by atoms with Crippen molar-refractivity contribution in [3.05, 3.63) is 22.3 Å². The molecule has 22 atom stereocenters. The molecule has 6 heterocycles. The maximum atomic E-state index is 12.5. The van der Waals surface area contributed by atoms with Gasteiger partial charge in [-0.2, -0.15) is 0 Å². The summed E-state index contributed by atoms with van der Waals surface area (Å²) in [6, 6.07) is 0. The first-order valence-electron chi connectivity index (χ1n) is 29.2. The van der Waals surface area contributed by atoms with Gasteiger partial charge in [0.2, 0.25) is 20.8 Å². The summed E-state index contributed by atoms with van der Waals surface area (Å²) in [5.74, 6) is -3.14. The van der Waals surface area contributed by atoms with Crippen LogP contribution in [0.4, 0.5) is 0 Å². The van der Waals surface area contributed by atoms with Gasteiger partial charge in [0, 0.05) is 33.5 Å². The van der Waals surface area contributed by atoms with E-state index in [2.05, 4.69) is 48.5 Å². The Kier molecular flexibility index (Phi) is 15.5. The second-order valence-corrected chi connectivity index (χ2v) is 31.9. The van der Waals surface area contributed by atoms with Crippen LogP contribution >= 0.6 is 0 Å². The number of ether oxygens (including phenoxy) is 4. The van der Waals surface area contributed by atoms with Crippen molar-refractivity contribution in [1.29, 1.82) is 0 Å². The molecule has 0 aromatic heterocycles. The molecule has 4 N–H and O–H groups in total. The van der Waals surface area contributed by atoms with Crippen LogP contribution in [-0.4, -0.2) is 119 Å². The average Bonchev–Trinajstić information content (AvgIpc) is 3.29. The quantitative estimate of drug-likeness (QED) is 0.105. The summed E-state index contributed by atoms with van der Waals surface area (Å²) in [6.07, 6.45) is 7.28. The van der Waals surface area contributed by atoms with E-state index < -0.39 is 95.9 Å². The number of fused-ring (bicyclic) bond motifs is 10. The molecule has 78 heavy (non-hydrogen) atoms. The van der Waals surface area contributed by atoms with Crippen LogP contribution in [0.25, 0.3) is 0 Å². The molecule has 20 heteroatoms. The van der Waals surface area contributed by atoms with Gasteiger partial charge in [-0.05, 0) is 176 Å². The maximum absolute atomic E-state index is 12.5. The first kappa shape index (κ1) is 62.0. The van der Waals surface area contributed by atoms with E-state index in [0.717, 1.165) is 88.2 Å². The van der Waals surface area contributed by atoms with Crippen LogP contribution in [0.15, 0.2) is 22.3 Å². The SMILES string of the molecule is C[C@@H]([C@H]1CC[C@H]2C3=C(CC[C@]12C)[C@@]12CO[C@](O)([C@@H](O)C1)C(C)(C)C2[C@@H](OS(=O)(=O)[O-])C3)[C@H]1C[C@@H]2C[C@@](C)(OC2(C)C)[C@H](CC[C@@H](C)[C@H]2CC[C@H]3C4=C(CC[C@]23C)[C@@]23CO[C@](O)([C@@H](O)C2)C(C)(C)C3[C@@H](OS(=O)(=O)[O-])C4)O1.[Na+].[Na+]. The van der Waals surface area contributed by atoms with Gasteiger partial charge in [0.15, 0.2) is 11.6 Å². The molecule has 14 rings (SSSR count). The van der Waals surface area contributed by atoms with Crippen molar-refractivity contribution in [2.24, 2.45) is 85.8 Å². The Balaban J connectivity index is 0.00000344. The van der Waals surface area contributed by atoms with Gasteiger partial charge in [-0.1, -0.05) is 77.7 Å². The molecule has 6 saturated heterocycles. The van der Waals surface area contributed by atoms with Crippen LogP contribution in [0.5, 0.6) is 0 Å². The topological polar surface area (TPSA) is 251 Å². The molecule has 0 aromatic rings. The molecule has 16 nitrogen and oxygen atoms in total. The summed E-state index contributed by atoms with van der Waals surface area (Å²) in [5.41, 5.74) is -0.0659. The van der Waals surface area contributed by atoms with Crippen molar-refractivity contribution in [2.45, 2.75) is 238 Å². The van der Waals surface area contributed by atoms with Crippen LogP contribution < -0.4 is 59.1 Å². The van der Waals surface area contributed by atoms with Gasteiger partial charge in [0.1, 0.15) is 12.2 Å². The van der Waals surface area contributed by atoms with Crippen molar-refractivity contribution in [3.8, 4) is 0 Å². The molecule has 6 bridgehead atoms. The van der Waals surface area contributed by atoms with Crippen molar-refractivity contribution in [1.82, 2.24) is 0 Å². The molecule has 0 amide bonds. The largest absolute Gasteiger partial charge is 1.00 e. The zero-order chi connectivity index (χ0) is 54.9. The first-order valence-corrected chi connectivity index (χ1v) is 31.9. The van der Waals surface area contributed by atoms with E-state index >= 15 is 0 Å². The summed E-state index contributed by atoms with van der Waals surface area (Å²) in [6.45, 7) is 23.8. The van der Waals surface area contributed by atoms with Crippen LogP contribution in [0.3, 0.4) is 0 Å². The van der Waals surface area contributed by atoms with E-state index in [0.29, 0.717) is 30.1 Å². The number of aliphatic hydroxyl groups is 4. The van der Waals surface area contributed by atoms with Gasteiger partial charge in [-0.15, -0.1) is 0 Å². The van der Waals surface area contributed by atoms with Gasteiger partial charge >= 0.3 is 59.1 Å². The molecule has 4 saturated carbocycles. The van der Waals surface area contributed by atoms with Gasteiger partial charge in [0.25, 0.3) is 0 Å². The summed E-state index contributed by atoms with van der Waals surface area (Å²) in [5, 5.41) is 46.5. The summed E-state index contributed by atoms with van der Waals surface area (Å²) >= 11 is 0. The second kappa shape index (κ2) is 19.4. The van der Waals surface area contributed by atoms with Gasteiger partial charge in [0.05, 0.1) is 48.8 Å². The molecule has 10 fully saturated rings. The predicted molar refractivity (Wildman–Crippen MR) is 275 cm³/mol. The number of hydrogen-bond acceptors (Lipinski definition) is 16. The van der Waals surface area contributed by atoms with E-state index in [9.17, 15) is 46.4 Å². The third-order valence-corrected chi connectivity index (χ3v) is 26.7. The Labute approximate surface area is 508 Å². The Morgan fingerprint density at radius 2 is 1.12 bits per heavy atom. The minimum atomic E-state index is -5.10. The van der Waals surface area contributed by atoms with Gasteiger partial charge < -0.3 is 48.5 Å². The average molecular weight is 1150 g/mol. The van der Waals surface area contributed by atoms with Crippen molar-refractivity contribution in [3.63, 3.8) is 0 Å². The number of aliphatic hydroxyl groups excluding tert-OH is 2. The molecule has 14 aliphatic rings. The fourth-order valence-electron chi connectivity index (χ4n) is 22.5. The van der Waals surface area contributed by atoms with E-state index in [4.69, 9.17) is 27.3 Å². The summed E-state index contributed by atoms with van der Waals surface area (Å²) in [7, 11) is -10.2. The fourth-order valence-corrected chi connectivity index (χ4v) is 23.5. The van der Waals surface area contributed by atoms with Gasteiger partial charge in [-0.3, -0.25) is 8.37 Å². The molecule has 0 radical (unpaired) electrons. The molecule has 2 spiro atoms. The molecule has 0 aromatic carbocycles. The third kappa shape index (κ3) is 8.60. The molecular formula is C58H88Na2O16S2. The Bertz CT molecular complexity index is 2720. The van der Waals surface area contributed by atoms with Crippen molar-refractivity contribution >= 4 is 20.8 Å². The summed E-state index contributed by atoms with van der Waals surface area (Å²) in [4.78, 5) is 0. The van der Waals surface area contributed by atoms with Crippen LogP contribution in [0.2, 0.25) is 0 Å². The Morgan fingerprint density at radius 1 is 0.667 bits per heavy atom. The smallest absolute Gasteiger partial charge is 0.726 e. The molecule has 8 aliphatic carbocycles. The summed E-state index contributed by atoms with van der Waals surface area (Å²) < 4.78 is 113. The standard InChI is InChI=1S/C58H90O16S2.2Na/c1-30(35-13-15-37-33-23-42(72-75(63,64)65)47-49(3,4)57(61)44(59)26-55(47,28-69-57)39(33)18-20-52(35,37)9)12-17-46-54(11)25-32(51(7,8)74-54)22-41(71-46)31(2)36-14-16-38-34-24-43(73-76(66,67)68)48-50(5,6)58(62)45(60)27-56(48,29-70-58)40(34)19-21-53(36,38)10;;/h30-32,35-38,41-48,59-62H,12-29H2,1-11H3,(H,63,64,65)(H,66,67,68);;/q;2*+1/p-2/t30-,31+,32-,35-,36-,37+,38+,41-,42+,43+,44+,45+,46+,47?,48?,52-,53-,54-,55+,56+,57-,58-;;/m1../s1. The van der Waals surface area contributed by atoms with Crippen LogP contribution in [-0.2, 0) is 48.1 Å². The Hall–Kier alpha value is 0.900. The monoisotopic (exact) mass is 1150 g/mol. The van der Waals surface area contributed by atoms with E-state index in [1.54, 1.807) is 27.7 Å². The normalized spacial score (nSPS) is 50.9. The van der Waals surface area contributed by atoms with Crippen LogP contribution in [0, 0.1) is 85.8 Å². The first-order chi connectivity index (χ1) is 35.0. The number of hydrogen-bond donors (Lipinski definition) is 4. The molecule has 2 unspecified atom stereocenters. The van der Waals surface area contributed by atoms with Gasteiger partial charge in [-0.25, -0.2) is 16.8 Å². The van der Waals surface area contributed by atoms with Crippen molar-refractivity contribution in [2.75, 3.05) is 13.2 Å².